The molecule has 19 heavy (non-hydrogen) atoms. The van der Waals surface area contributed by atoms with Crippen molar-refractivity contribution in [3.8, 4) is 0 Å². The van der Waals surface area contributed by atoms with Gasteiger partial charge in [0.2, 0.25) is 0 Å². The number of hydrogen-bond acceptors (Lipinski definition) is 4. The van der Waals surface area contributed by atoms with Crippen molar-refractivity contribution in [2.24, 2.45) is 16.4 Å². The molecule has 0 bridgehead atoms. The molecule has 1 aromatic rings. The monoisotopic (exact) mass is 280 g/mol. The fourth-order valence-electron chi connectivity index (χ4n) is 2.44. The predicted octanol–water partition coefficient (Wildman–Crippen LogP) is 4.13. The third kappa shape index (κ3) is 4.16. The van der Waals surface area contributed by atoms with Gasteiger partial charge in [-0.15, -0.1) is 10.2 Å². The van der Waals surface area contributed by atoms with Crippen LogP contribution in [0, 0.1) is 11.3 Å². The van der Waals surface area contributed by atoms with E-state index in [9.17, 15) is 0 Å². The summed E-state index contributed by atoms with van der Waals surface area (Å²) in [6, 6.07) is 3.48. The van der Waals surface area contributed by atoms with Crippen LogP contribution in [-0.4, -0.2) is 15.9 Å². The second kappa shape index (κ2) is 5.87. The third-order valence-corrected chi connectivity index (χ3v) is 3.95. The van der Waals surface area contributed by atoms with Gasteiger partial charge in [-0.2, -0.15) is 5.10 Å². The van der Waals surface area contributed by atoms with Crippen molar-refractivity contribution in [2.75, 3.05) is 5.43 Å². The van der Waals surface area contributed by atoms with E-state index in [2.05, 4.69) is 41.5 Å². The molecule has 1 saturated carbocycles. The van der Waals surface area contributed by atoms with Gasteiger partial charge in [-0.3, -0.25) is 5.43 Å². The van der Waals surface area contributed by atoms with Crippen LogP contribution in [0.1, 0.15) is 46.5 Å². The lowest BCUT2D eigenvalue weighted by atomic mass is 9.72. The van der Waals surface area contributed by atoms with Crippen molar-refractivity contribution < 1.29 is 0 Å². The van der Waals surface area contributed by atoms with Crippen molar-refractivity contribution in [1.29, 1.82) is 0 Å². The quantitative estimate of drug-likeness (QED) is 0.829. The van der Waals surface area contributed by atoms with Crippen LogP contribution >= 0.6 is 11.6 Å². The average molecular weight is 281 g/mol. The molecule has 5 heteroatoms. The van der Waals surface area contributed by atoms with Crippen molar-refractivity contribution in [2.45, 2.75) is 46.5 Å². The number of nitrogens with one attached hydrogen (secondary N) is 1. The van der Waals surface area contributed by atoms with Gasteiger partial charge in [0, 0.05) is 5.71 Å². The van der Waals surface area contributed by atoms with Gasteiger partial charge < -0.3 is 0 Å². The van der Waals surface area contributed by atoms with E-state index < -0.39 is 0 Å². The molecule has 0 unspecified atom stereocenters. The lowest BCUT2D eigenvalue weighted by Gasteiger charge is -2.34. The van der Waals surface area contributed by atoms with Crippen molar-refractivity contribution in [3.05, 3.63) is 17.3 Å². The summed E-state index contributed by atoms with van der Waals surface area (Å²) in [5, 5.41) is 12.5. The van der Waals surface area contributed by atoms with E-state index >= 15 is 0 Å². The second-order valence-corrected chi connectivity index (χ2v) is 6.56. The summed E-state index contributed by atoms with van der Waals surface area (Å²) in [4.78, 5) is 0. The summed E-state index contributed by atoms with van der Waals surface area (Å²) in [6.07, 6.45) is 4.57. The number of hydrogen-bond donors (Lipinski definition) is 1. The molecule has 0 spiro atoms. The largest absolute Gasteiger partial charge is 0.260 e. The number of rotatable bonds is 2. The van der Waals surface area contributed by atoms with E-state index in [1.807, 2.05) is 0 Å². The molecule has 1 aliphatic carbocycles. The Kier molecular flexibility index (Phi) is 4.40. The number of halogens is 1. The smallest absolute Gasteiger partial charge is 0.168 e. The fraction of sp³-hybridized carbons (Fsp3) is 0.643. The highest BCUT2D eigenvalue weighted by Gasteiger charge is 2.27. The first-order chi connectivity index (χ1) is 8.95. The molecule has 0 atom stereocenters. The molecule has 0 saturated heterocycles. The standard InChI is InChI=1S/C14H21ClN4/c1-14(2,3)10-4-6-11(7-5-10)16-18-13-9-8-12(15)17-19-13/h8-10H,4-7H2,1-3H3,(H,18,19). The topological polar surface area (TPSA) is 50.2 Å². The number of nitrogens with zero attached hydrogens (tertiary/aromatic N) is 3. The van der Waals surface area contributed by atoms with E-state index in [0.717, 1.165) is 18.8 Å². The average Bonchev–Trinajstić information content (AvgIpc) is 2.37. The van der Waals surface area contributed by atoms with Gasteiger partial charge in [0.05, 0.1) is 0 Å². The molecule has 0 amide bonds. The minimum absolute atomic E-state index is 0.392. The molecule has 1 aromatic heterocycles. The molecular weight excluding hydrogens is 260 g/mol. The number of hydrazone groups is 1. The molecule has 0 radical (unpaired) electrons. The molecule has 1 fully saturated rings. The first-order valence-corrected chi connectivity index (χ1v) is 7.13. The summed E-state index contributed by atoms with van der Waals surface area (Å²) in [5.74, 6) is 1.43. The Labute approximate surface area is 119 Å². The van der Waals surface area contributed by atoms with Gasteiger partial charge in [-0.1, -0.05) is 32.4 Å². The summed E-state index contributed by atoms with van der Waals surface area (Å²) in [6.45, 7) is 6.96. The zero-order valence-corrected chi connectivity index (χ0v) is 12.5. The minimum Gasteiger partial charge on any atom is -0.260 e. The lowest BCUT2D eigenvalue weighted by molar-refractivity contribution is 0.208. The highest BCUT2D eigenvalue weighted by Crippen LogP contribution is 2.36. The predicted molar refractivity (Wildman–Crippen MR) is 79.5 cm³/mol. The highest BCUT2D eigenvalue weighted by molar-refractivity contribution is 6.29. The van der Waals surface area contributed by atoms with Crippen LogP contribution in [0.25, 0.3) is 0 Å². The van der Waals surface area contributed by atoms with Gasteiger partial charge in [0.25, 0.3) is 0 Å². The first kappa shape index (κ1) is 14.3. The van der Waals surface area contributed by atoms with Gasteiger partial charge >= 0.3 is 0 Å². The zero-order valence-electron chi connectivity index (χ0n) is 11.8. The SMILES string of the molecule is CC(C)(C)C1CCC(=NNc2ccc(Cl)nn2)CC1. The summed E-state index contributed by atoms with van der Waals surface area (Å²) >= 11 is 5.68. The van der Waals surface area contributed by atoms with E-state index in [1.165, 1.54) is 18.6 Å². The highest BCUT2D eigenvalue weighted by atomic mass is 35.5. The van der Waals surface area contributed by atoms with Crippen molar-refractivity contribution in [1.82, 2.24) is 10.2 Å². The Bertz CT molecular complexity index is 438. The van der Waals surface area contributed by atoms with Crippen LogP contribution in [0.2, 0.25) is 5.15 Å². The molecule has 1 heterocycles. The van der Waals surface area contributed by atoms with Crippen molar-refractivity contribution >= 4 is 23.1 Å². The van der Waals surface area contributed by atoms with Crippen LogP contribution in [0.3, 0.4) is 0 Å². The zero-order chi connectivity index (χ0) is 13.9. The Balaban J connectivity index is 1.87. The van der Waals surface area contributed by atoms with Crippen LogP contribution < -0.4 is 5.43 Å². The molecular formula is C14H21ClN4. The molecule has 1 aliphatic rings. The normalized spacial score (nSPS) is 20.2. The van der Waals surface area contributed by atoms with Crippen LogP contribution in [0.15, 0.2) is 17.2 Å². The second-order valence-electron chi connectivity index (χ2n) is 6.17. The van der Waals surface area contributed by atoms with Gasteiger partial charge in [0.15, 0.2) is 11.0 Å². The Hall–Kier alpha value is -1.16. The summed E-state index contributed by atoms with van der Waals surface area (Å²) in [5.41, 5.74) is 4.57. The molecule has 104 valence electrons. The van der Waals surface area contributed by atoms with Gasteiger partial charge in [0.1, 0.15) is 0 Å². The van der Waals surface area contributed by atoms with Crippen LogP contribution in [0.4, 0.5) is 5.82 Å². The maximum atomic E-state index is 5.68. The molecule has 1 N–H and O–H groups in total. The molecule has 0 aromatic carbocycles. The van der Waals surface area contributed by atoms with Gasteiger partial charge in [-0.05, 0) is 49.1 Å². The first-order valence-electron chi connectivity index (χ1n) is 6.76. The third-order valence-electron chi connectivity index (χ3n) is 3.75. The van der Waals surface area contributed by atoms with Crippen LogP contribution in [0.5, 0.6) is 0 Å². The maximum Gasteiger partial charge on any atom is 0.168 e. The molecule has 4 nitrogen and oxygen atoms in total. The summed E-state index contributed by atoms with van der Waals surface area (Å²) < 4.78 is 0. The number of anilines is 1. The summed E-state index contributed by atoms with van der Waals surface area (Å²) in [7, 11) is 0. The Morgan fingerprint density at radius 3 is 2.42 bits per heavy atom. The molecule has 2 rings (SSSR count). The Morgan fingerprint density at radius 1 is 1.21 bits per heavy atom. The van der Waals surface area contributed by atoms with E-state index in [1.54, 1.807) is 12.1 Å². The van der Waals surface area contributed by atoms with E-state index in [4.69, 9.17) is 11.6 Å². The maximum absolute atomic E-state index is 5.68. The fourth-order valence-corrected chi connectivity index (χ4v) is 2.54. The van der Waals surface area contributed by atoms with Crippen molar-refractivity contribution in [3.63, 3.8) is 0 Å². The lowest BCUT2D eigenvalue weighted by Crippen LogP contribution is -2.26. The van der Waals surface area contributed by atoms with Crippen LogP contribution in [-0.2, 0) is 0 Å². The van der Waals surface area contributed by atoms with Gasteiger partial charge in [-0.25, -0.2) is 0 Å². The molecule has 0 aliphatic heterocycles. The minimum atomic E-state index is 0.392. The van der Waals surface area contributed by atoms with E-state index in [0.29, 0.717) is 16.4 Å². The number of aromatic nitrogens is 2. The Morgan fingerprint density at radius 2 is 1.89 bits per heavy atom. The van der Waals surface area contributed by atoms with E-state index in [-0.39, 0.29) is 0 Å².